The summed E-state index contributed by atoms with van der Waals surface area (Å²) >= 11 is 0. The summed E-state index contributed by atoms with van der Waals surface area (Å²) in [4.78, 5) is 12.0. The van der Waals surface area contributed by atoms with Crippen LogP contribution in [0.4, 0.5) is 0 Å². The Labute approximate surface area is 200 Å². The van der Waals surface area contributed by atoms with Crippen LogP contribution in [0.15, 0.2) is 60.7 Å². The van der Waals surface area contributed by atoms with Gasteiger partial charge >= 0.3 is 5.97 Å². The third kappa shape index (κ3) is 5.60. The van der Waals surface area contributed by atoms with Gasteiger partial charge in [-0.1, -0.05) is 75.6 Å². The minimum Gasteiger partial charge on any atom is -0.423 e. The van der Waals surface area contributed by atoms with E-state index in [1.54, 1.807) is 6.08 Å². The fourth-order valence-electron chi connectivity index (χ4n) is 6.18. The standard InChI is InChI=1S/C31H40O2/c1-3-5-6-7-8-9-29(32)33-28-16-12-26(13-17-28)25-10-14-27(15-11-25)31-22-19-30(18-4-2,20-23-31)21-24-31/h8-17H,3-7,18-24H2,1-2H3/b9-8+. The lowest BCUT2D eigenvalue weighted by Gasteiger charge is -2.54. The van der Waals surface area contributed by atoms with Gasteiger partial charge in [0.25, 0.3) is 0 Å². The third-order valence-electron chi connectivity index (χ3n) is 8.31. The van der Waals surface area contributed by atoms with Crippen molar-refractivity contribution in [2.75, 3.05) is 0 Å². The maximum atomic E-state index is 12.0. The van der Waals surface area contributed by atoms with Crippen LogP contribution < -0.4 is 4.74 Å². The molecule has 0 unspecified atom stereocenters. The predicted octanol–water partition coefficient (Wildman–Crippen LogP) is 8.79. The Balaban J connectivity index is 1.34. The molecule has 33 heavy (non-hydrogen) atoms. The highest BCUT2D eigenvalue weighted by molar-refractivity contribution is 5.84. The number of hydrogen-bond donors (Lipinski definition) is 0. The molecule has 2 aromatic rings. The van der Waals surface area contributed by atoms with Crippen molar-refractivity contribution in [2.24, 2.45) is 5.41 Å². The molecular weight excluding hydrogens is 404 g/mol. The summed E-state index contributed by atoms with van der Waals surface area (Å²) < 4.78 is 5.44. The molecule has 2 heteroatoms. The molecule has 3 fully saturated rings. The Morgan fingerprint density at radius 1 is 0.818 bits per heavy atom. The molecule has 0 aliphatic heterocycles. The second-order valence-corrected chi connectivity index (χ2v) is 10.5. The molecule has 0 saturated heterocycles. The maximum Gasteiger partial charge on any atom is 0.335 e. The minimum atomic E-state index is -0.300. The average Bonchev–Trinajstić information content (AvgIpc) is 2.86. The Morgan fingerprint density at radius 3 is 2.00 bits per heavy atom. The first kappa shape index (κ1) is 23.8. The second-order valence-electron chi connectivity index (χ2n) is 10.5. The van der Waals surface area contributed by atoms with Crippen molar-refractivity contribution in [3.8, 4) is 16.9 Å². The molecule has 2 aromatic carbocycles. The Hall–Kier alpha value is -2.35. The molecule has 3 aliphatic carbocycles. The number of fused-ring (bicyclic) bond motifs is 3. The smallest absolute Gasteiger partial charge is 0.335 e. The number of carbonyl (C=O) groups is 1. The van der Waals surface area contributed by atoms with E-state index in [1.165, 1.54) is 75.3 Å². The number of allylic oxidation sites excluding steroid dienone is 1. The van der Waals surface area contributed by atoms with Gasteiger partial charge < -0.3 is 4.74 Å². The molecule has 3 saturated carbocycles. The van der Waals surface area contributed by atoms with Gasteiger partial charge in [-0.15, -0.1) is 0 Å². The first-order valence-electron chi connectivity index (χ1n) is 13.2. The van der Waals surface area contributed by atoms with Gasteiger partial charge in [0.1, 0.15) is 5.75 Å². The fourth-order valence-corrected chi connectivity index (χ4v) is 6.18. The van der Waals surface area contributed by atoms with E-state index in [0.29, 0.717) is 16.6 Å². The molecule has 176 valence electrons. The molecule has 3 aliphatic rings. The molecule has 0 N–H and O–H groups in total. The summed E-state index contributed by atoms with van der Waals surface area (Å²) in [5.74, 6) is 0.295. The van der Waals surface area contributed by atoms with E-state index in [9.17, 15) is 4.79 Å². The minimum absolute atomic E-state index is 0.300. The molecular formula is C31H40O2. The molecule has 0 aromatic heterocycles. The highest BCUT2D eigenvalue weighted by Gasteiger charge is 2.48. The first-order chi connectivity index (χ1) is 16.1. The zero-order chi connectivity index (χ0) is 23.2. The van der Waals surface area contributed by atoms with Gasteiger partial charge in [0, 0.05) is 6.08 Å². The van der Waals surface area contributed by atoms with Gasteiger partial charge in [0.05, 0.1) is 0 Å². The van der Waals surface area contributed by atoms with Crippen LogP contribution in [-0.4, -0.2) is 5.97 Å². The highest BCUT2D eigenvalue weighted by atomic mass is 16.5. The van der Waals surface area contributed by atoms with Crippen LogP contribution in [0.3, 0.4) is 0 Å². The topological polar surface area (TPSA) is 26.3 Å². The van der Waals surface area contributed by atoms with Crippen LogP contribution in [0.25, 0.3) is 11.1 Å². The van der Waals surface area contributed by atoms with Crippen molar-refractivity contribution < 1.29 is 9.53 Å². The van der Waals surface area contributed by atoms with Gasteiger partial charge in [0.2, 0.25) is 0 Å². The van der Waals surface area contributed by atoms with Crippen LogP contribution in [0, 0.1) is 5.41 Å². The van der Waals surface area contributed by atoms with Crippen LogP contribution in [0.5, 0.6) is 5.75 Å². The van der Waals surface area contributed by atoms with Crippen LogP contribution in [-0.2, 0) is 10.2 Å². The lowest BCUT2D eigenvalue weighted by Crippen LogP contribution is -2.44. The summed E-state index contributed by atoms with van der Waals surface area (Å²) in [5, 5.41) is 0. The Bertz CT molecular complexity index is 911. The van der Waals surface area contributed by atoms with E-state index >= 15 is 0 Å². The van der Waals surface area contributed by atoms with Crippen molar-refractivity contribution in [3.05, 3.63) is 66.2 Å². The zero-order valence-electron chi connectivity index (χ0n) is 20.6. The quantitative estimate of drug-likeness (QED) is 0.158. The van der Waals surface area contributed by atoms with Gasteiger partial charge in [-0.25, -0.2) is 4.79 Å². The molecule has 2 bridgehead atoms. The number of esters is 1. The van der Waals surface area contributed by atoms with Crippen LogP contribution in [0.2, 0.25) is 0 Å². The Morgan fingerprint density at radius 2 is 1.42 bits per heavy atom. The van der Waals surface area contributed by atoms with Gasteiger partial charge in [0.15, 0.2) is 0 Å². The summed E-state index contributed by atoms with van der Waals surface area (Å²) in [5.41, 5.74) is 4.98. The van der Waals surface area contributed by atoms with E-state index in [2.05, 4.69) is 38.1 Å². The SMILES string of the molecule is CCCCC/C=C/C(=O)Oc1ccc(-c2ccc(C34CCC(CCC)(CC3)CC4)cc2)cc1. The summed E-state index contributed by atoms with van der Waals surface area (Å²) in [7, 11) is 0. The number of ether oxygens (including phenoxy) is 1. The van der Waals surface area contributed by atoms with E-state index in [0.717, 1.165) is 18.4 Å². The molecule has 2 nitrogen and oxygen atoms in total. The molecule has 0 heterocycles. The van der Waals surface area contributed by atoms with Crippen LogP contribution >= 0.6 is 0 Å². The average molecular weight is 445 g/mol. The monoisotopic (exact) mass is 444 g/mol. The fraction of sp³-hybridized carbons (Fsp3) is 0.516. The number of unbranched alkanes of at least 4 members (excludes halogenated alkanes) is 3. The number of benzene rings is 2. The van der Waals surface area contributed by atoms with Crippen LogP contribution in [0.1, 0.15) is 96.5 Å². The van der Waals surface area contributed by atoms with Crippen molar-refractivity contribution in [1.82, 2.24) is 0 Å². The van der Waals surface area contributed by atoms with E-state index in [1.807, 2.05) is 30.3 Å². The molecule has 0 radical (unpaired) electrons. The van der Waals surface area contributed by atoms with E-state index in [-0.39, 0.29) is 5.97 Å². The summed E-state index contributed by atoms with van der Waals surface area (Å²) in [6.07, 6.45) is 19.0. The number of carbonyl (C=O) groups excluding carboxylic acids is 1. The van der Waals surface area contributed by atoms with Crippen molar-refractivity contribution in [1.29, 1.82) is 0 Å². The largest absolute Gasteiger partial charge is 0.423 e. The zero-order valence-corrected chi connectivity index (χ0v) is 20.6. The normalized spacial score (nSPS) is 24.3. The highest BCUT2D eigenvalue weighted by Crippen LogP contribution is 2.59. The van der Waals surface area contributed by atoms with Crippen molar-refractivity contribution >= 4 is 5.97 Å². The van der Waals surface area contributed by atoms with Crippen molar-refractivity contribution in [3.63, 3.8) is 0 Å². The van der Waals surface area contributed by atoms with E-state index in [4.69, 9.17) is 4.74 Å². The maximum absolute atomic E-state index is 12.0. The first-order valence-corrected chi connectivity index (χ1v) is 13.2. The summed E-state index contributed by atoms with van der Waals surface area (Å²) in [6.45, 7) is 4.52. The Kier molecular flexibility index (Phi) is 7.73. The second kappa shape index (κ2) is 10.7. The molecule has 5 rings (SSSR count). The van der Waals surface area contributed by atoms with Crippen molar-refractivity contribution in [2.45, 2.75) is 96.3 Å². The van der Waals surface area contributed by atoms with Gasteiger partial charge in [-0.3, -0.25) is 0 Å². The van der Waals surface area contributed by atoms with Gasteiger partial charge in [-0.05, 0) is 97.4 Å². The molecule has 0 amide bonds. The lowest BCUT2D eigenvalue weighted by molar-refractivity contribution is -0.129. The molecule has 0 atom stereocenters. The van der Waals surface area contributed by atoms with Gasteiger partial charge in [-0.2, -0.15) is 0 Å². The summed E-state index contributed by atoms with van der Waals surface area (Å²) in [6, 6.07) is 17.1. The number of rotatable bonds is 10. The number of hydrogen-bond acceptors (Lipinski definition) is 2. The lowest BCUT2D eigenvalue weighted by atomic mass is 9.51. The third-order valence-corrected chi connectivity index (χ3v) is 8.31. The molecule has 0 spiro atoms. The van der Waals surface area contributed by atoms with E-state index < -0.39 is 0 Å². The predicted molar refractivity (Wildman–Crippen MR) is 138 cm³/mol.